The third-order valence-electron chi connectivity index (χ3n) is 9.63. The minimum Gasteiger partial charge on any atom is -0.444 e. The van der Waals surface area contributed by atoms with Crippen LogP contribution in [0.4, 0.5) is 30.8 Å². The van der Waals surface area contributed by atoms with Crippen molar-refractivity contribution in [2.24, 2.45) is 0 Å². The maximum atomic E-state index is 14.0. The Morgan fingerprint density at radius 3 is 2.31 bits per heavy atom. The minimum absolute atomic E-state index is 0.141. The highest BCUT2D eigenvalue weighted by atomic mass is 28.3. The van der Waals surface area contributed by atoms with E-state index in [0.717, 1.165) is 41.2 Å². The Morgan fingerprint density at radius 2 is 1.65 bits per heavy atom. The molecule has 2 N–H and O–H groups in total. The molecule has 0 saturated carbocycles. The van der Waals surface area contributed by atoms with Gasteiger partial charge in [0.05, 0.1) is 11.1 Å². The highest BCUT2D eigenvalue weighted by Gasteiger charge is 2.35. The molecule has 2 amide bonds. The van der Waals surface area contributed by atoms with Crippen LogP contribution < -0.4 is 15.5 Å². The zero-order chi connectivity index (χ0) is 38.7. The zero-order valence-corrected chi connectivity index (χ0v) is 33.1. The van der Waals surface area contributed by atoms with Gasteiger partial charge >= 0.3 is 6.09 Å². The first-order chi connectivity index (χ1) is 25.5. The molecule has 2 aliphatic heterocycles. The largest absolute Gasteiger partial charge is 0.444 e. The fourth-order valence-corrected chi connectivity index (χ4v) is 7.34. The molecule has 2 saturated heterocycles. The number of nitrogens with zero attached hydrogens (tertiary/aromatic N) is 6. The van der Waals surface area contributed by atoms with Gasteiger partial charge in [-0.25, -0.2) is 23.5 Å². The van der Waals surface area contributed by atoms with E-state index < -0.39 is 19.6 Å². The molecule has 0 atom stereocenters. The summed E-state index contributed by atoms with van der Waals surface area (Å²) in [5.74, 6) is -2.37. The number of nitrogens with one attached hydrogen (secondary N) is 2. The molecule has 12 nitrogen and oxygen atoms in total. The predicted molar refractivity (Wildman–Crippen MR) is 210 cm³/mol. The number of fused-ring (bicyclic) bond motifs is 1. The van der Waals surface area contributed by atoms with Gasteiger partial charge in [0, 0.05) is 77.3 Å². The van der Waals surface area contributed by atoms with E-state index in [1.165, 1.54) is 6.33 Å². The molecule has 0 bridgehead atoms. The molecule has 2 fully saturated rings. The number of carbonyl (C=O) groups is 2. The first-order valence-electron chi connectivity index (χ1n) is 18.7. The molecular weight excluding hydrogens is 711 g/mol. The van der Waals surface area contributed by atoms with Gasteiger partial charge in [-0.15, -0.1) is 0 Å². The molecule has 0 unspecified atom stereocenters. The van der Waals surface area contributed by atoms with Gasteiger partial charge in [0.1, 0.15) is 35.8 Å². The normalized spacial score (nSPS) is 16.7. The highest BCUT2D eigenvalue weighted by molar-refractivity contribution is 6.76. The van der Waals surface area contributed by atoms with Crippen LogP contribution in [0.15, 0.2) is 55.0 Å². The van der Waals surface area contributed by atoms with Crippen molar-refractivity contribution in [3.8, 4) is 11.3 Å². The Bertz CT molecular complexity index is 1930. The second-order valence-corrected chi connectivity index (χ2v) is 22.1. The van der Waals surface area contributed by atoms with Gasteiger partial charge in [-0.3, -0.25) is 9.78 Å². The summed E-state index contributed by atoms with van der Waals surface area (Å²) in [6.45, 7) is 15.0. The molecule has 0 aliphatic carbocycles. The molecule has 54 heavy (non-hydrogen) atoms. The van der Waals surface area contributed by atoms with Gasteiger partial charge in [-0.1, -0.05) is 31.8 Å². The van der Waals surface area contributed by atoms with Crippen LogP contribution in [0.2, 0.25) is 25.7 Å². The summed E-state index contributed by atoms with van der Waals surface area (Å²) in [4.78, 5) is 42.9. The summed E-state index contributed by atoms with van der Waals surface area (Å²) in [5, 5.41) is 7.22. The number of carbonyl (C=O) groups excluding carboxylic acids is 2. The van der Waals surface area contributed by atoms with Crippen molar-refractivity contribution in [3.63, 3.8) is 0 Å². The Hall–Kier alpha value is -4.63. The zero-order valence-electron chi connectivity index (χ0n) is 32.1. The number of hydrogen-bond donors (Lipinski definition) is 2. The standard InChI is InChI=1S/C39H52F2N8O4Si/c1-38(2,3)53-37(51)48-17-12-29(13-18-48)45-30-11-16-42-32(23-30)36(50)46-28-9-7-27(8-10-28)33-24-31-34(47-19-14-39(40,41)15-20-47)43-25-44-35(31)49(33)26-52-21-22-54(4,5)6/h7-11,16,23-25,29H,12-15,17-22,26H2,1-6H3,(H,42,45)(H,46,50). The second kappa shape index (κ2) is 16.0. The number of benzene rings is 1. The van der Waals surface area contributed by atoms with Crippen LogP contribution >= 0.6 is 0 Å². The predicted octanol–water partition coefficient (Wildman–Crippen LogP) is 8.10. The third kappa shape index (κ3) is 10.1. The summed E-state index contributed by atoms with van der Waals surface area (Å²) in [6, 6.07) is 14.2. The van der Waals surface area contributed by atoms with Crippen molar-refractivity contribution in [2.75, 3.05) is 48.3 Å². The third-order valence-corrected chi connectivity index (χ3v) is 11.3. The summed E-state index contributed by atoms with van der Waals surface area (Å²) in [6.07, 6.45) is 3.87. The van der Waals surface area contributed by atoms with E-state index in [9.17, 15) is 18.4 Å². The number of alkyl halides is 2. The van der Waals surface area contributed by atoms with E-state index in [2.05, 4.69) is 45.2 Å². The van der Waals surface area contributed by atoms with Gasteiger partial charge in [0.2, 0.25) is 0 Å². The fraction of sp³-hybridized carbons (Fsp3) is 0.513. The summed E-state index contributed by atoms with van der Waals surface area (Å²) >= 11 is 0. The number of likely N-dealkylation sites (tertiary alicyclic amines) is 1. The number of anilines is 3. The monoisotopic (exact) mass is 762 g/mol. The quantitative estimate of drug-likeness (QED) is 0.115. The van der Waals surface area contributed by atoms with Gasteiger partial charge in [-0.2, -0.15) is 0 Å². The lowest BCUT2D eigenvalue weighted by molar-refractivity contribution is -0.0221. The van der Waals surface area contributed by atoms with E-state index in [1.807, 2.05) is 66.6 Å². The molecule has 0 radical (unpaired) electrons. The van der Waals surface area contributed by atoms with Crippen LogP contribution in [0.25, 0.3) is 22.3 Å². The average molecular weight is 763 g/mol. The molecule has 5 heterocycles. The number of rotatable bonds is 11. The van der Waals surface area contributed by atoms with Gasteiger partial charge < -0.3 is 34.5 Å². The Kier molecular flexibility index (Phi) is 11.6. The van der Waals surface area contributed by atoms with Crippen LogP contribution in [-0.2, 0) is 16.2 Å². The molecule has 15 heteroatoms. The molecule has 2 aliphatic rings. The topological polar surface area (TPSA) is 127 Å². The second-order valence-electron chi connectivity index (χ2n) is 16.4. The van der Waals surface area contributed by atoms with E-state index in [0.29, 0.717) is 36.8 Å². The number of amides is 2. The molecule has 0 spiro atoms. The van der Waals surface area contributed by atoms with Crippen LogP contribution in [0.3, 0.4) is 0 Å². The number of aromatic nitrogens is 4. The lowest BCUT2D eigenvalue weighted by Crippen LogP contribution is -2.44. The van der Waals surface area contributed by atoms with Crippen molar-refractivity contribution in [1.29, 1.82) is 0 Å². The van der Waals surface area contributed by atoms with E-state index in [1.54, 1.807) is 17.2 Å². The molecular formula is C39H52F2N8O4Si. The van der Waals surface area contributed by atoms with Crippen molar-refractivity contribution >= 4 is 48.3 Å². The first-order valence-corrected chi connectivity index (χ1v) is 22.4. The molecule has 1 aromatic carbocycles. The van der Waals surface area contributed by atoms with Crippen molar-refractivity contribution < 1.29 is 27.8 Å². The first kappa shape index (κ1) is 39.1. The summed E-state index contributed by atoms with van der Waals surface area (Å²) in [7, 11) is -1.31. The lowest BCUT2D eigenvalue weighted by atomic mass is 10.0. The SMILES string of the molecule is CC(C)(C)OC(=O)N1CCC(Nc2ccnc(C(=O)Nc3ccc(-c4cc5c(N6CCC(F)(F)CC6)ncnc5n4COCC[Si](C)(C)C)cc3)c2)CC1. The molecule has 290 valence electrons. The molecule has 4 aromatic rings. The average Bonchev–Trinajstić information content (AvgIpc) is 3.48. The highest BCUT2D eigenvalue weighted by Crippen LogP contribution is 2.36. The molecule has 3 aromatic heterocycles. The Balaban J connectivity index is 1.14. The number of pyridine rings is 1. The van der Waals surface area contributed by atoms with Crippen LogP contribution in [0.5, 0.6) is 0 Å². The minimum atomic E-state index is -2.67. The van der Waals surface area contributed by atoms with Gasteiger partial charge in [0.25, 0.3) is 11.8 Å². The van der Waals surface area contributed by atoms with Gasteiger partial charge in [-0.05, 0) is 75.6 Å². The smallest absolute Gasteiger partial charge is 0.410 e. The van der Waals surface area contributed by atoms with E-state index in [-0.39, 0.29) is 56.4 Å². The lowest BCUT2D eigenvalue weighted by Gasteiger charge is -2.34. The fourth-order valence-electron chi connectivity index (χ4n) is 6.58. The molecule has 6 rings (SSSR count). The van der Waals surface area contributed by atoms with Crippen molar-refractivity contribution in [3.05, 3.63) is 60.7 Å². The van der Waals surface area contributed by atoms with Crippen LogP contribution in [0, 0.1) is 0 Å². The summed E-state index contributed by atoms with van der Waals surface area (Å²) in [5.41, 5.74) is 3.50. The number of ether oxygens (including phenoxy) is 2. The number of piperidine rings is 2. The van der Waals surface area contributed by atoms with Crippen LogP contribution in [-0.4, -0.2) is 94.8 Å². The van der Waals surface area contributed by atoms with Crippen molar-refractivity contribution in [2.45, 2.75) is 96.4 Å². The van der Waals surface area contributed by atoms with Gasteiger partial charge in [0.15, 0.2) is 0 Å². The Morgan fingerprint density at radius 1 is 0.944 bits per heavy atom. The maximum absolute atomic E-state index is 14.0. The summed E-state index contributed by atoms with van der Waals surface area (Å²) < 4.78 is 41.7. The van der Waals surface area contributed by atoms with Crippen molar-refractivity contribution in [1.82, 2.24) is 24.4 Å². The maximum Gasteiger partial charge on any atom is 0.410 e. The number of halogens is 2. The van der Waals surface area contributed by atoms with E-state index >= 15 is 0 Å². The number of hydrogen-bond acceptors (Lipinski definition) is 9. The Labute approximate surface area is 316 Å². The van der Waals surface area contributed by atoms with Crippen LogP contribution in [0.1, 0.15) is 56.9 Å². The van der Waals surface area contributed by atoms with E-state index in [4.69, 9.17) is 9.47 Å².